The summed E-state index contributed by atoms with van der Waals surface area (Å²) >= 11 is 0. The quantitative estimate of drug-likeness (QED) is 0.0261. The Morgan fingerprint density at radius 2 is 0.520 bits per heavy atom. The highest BCUT2D eigenvalue weighted by Crippen LogP contribution is 2.17. The maximum atomic E-state index is 12.9. The highest BCUT2D eigenvalue weighted by atomic mass is 16.6. The normalized spacial score (nSPS) is 12.4. The SMILES string of the molecule is CC/C=C\C/C=C\C/C=C\C/C=C\CCCCCCCCCCCCCCC(=O)OCC(COC(=O)CCCCCCCCC)OC(=O)CCCCCCCCCCCCCCC/C=C\CCCCCCCCCC. The van der Waals surface area contributed by atoms with E-state index < -0.39 is 6.10 Å². The summed E-state index contributed by atoms with van der Waals surface area (Å²) in [4.78, 5) is 38.1. The lowest BCUT2D eigenvalue weighted by Gasteiger charge is -2.18. The largest absolute Gasteiger partial charge is 0.462 e. The van der Waals surface area contributed by atoms with Gasteiger partial charge in [-0.25, -0.2) is 0 Å². The number of allylic oxidation sites excluding steroid dienone is 10. The molecule has 0 heterocycles. The van der Waals surface area contributed by atoms with Gasteiger partial charge in [-0.2, -0.15) is 0 Å². The molecule has 0 aliphatic rings. The highest BCUT2D eigenvalue weighted by Gasteiger charge is 2.19. The Hall–Kier alpha value is -2.89. The maximum absolute atomic E-state index is 12.9. The predicted molar refractivity (Wildman–Crippen MR) is 325 cm³/mol. The number of hydrogen-bond acceptors (Lipinski definition) is 6. The van der Waals surface area contributed by atoms with Crippen LogP contribution >= 0.6 is 0 Å². The van der Waals surface area contributed by atoms with Crippen LogP contribution in [0.3, 0.4) is 0 Å². The Morgan fingerprint density at radius 3 is 0.827 bits per heavy atom. The zero-order valence-electron chi connectivity index (χ0n) is 50.1. The average Bonchev–Trinajstić information content (AvgIpc) is 3.41. The summed E-state index contributed by atoms with van der Waals surface area (Å²) in [5, 5.41) is 0. The third-order valence-corrected chi connectivity index (χ3v) is 14.5. The van der Waals surface area contributed by atoms with Crippen LogP contribution in [0.15, 0.2) is 60.8 Å². The van der Waals surface area contributed by atoms with Crippen LogP contribution in [0.25, 0.3) is 0 Å². The molecule has 0 aromatic heterocycles. The summed E-state index contributed by atoms with van der Waals surface area (Å²) in [5.41, 5.74) is 0. The number of esters is 3. The summed E-state index contributed by atoms with van der Waals surface area (Å²) in [7, 11) is 0. The van der Waals surface area contributed by atoms with E-state index in [2.05, 4.69) is 81.5 Å². The van der Waals surface area contributed by atoms with E-state index >= 15 is 0 Å². The smallest absolute Gasteiger partial charge is 0.306 e. The van der Waals surface area contributed by atoms with Crippen LogP contribution < -0.4 is 0 Å². The second-order valence-electron chi connectivity index (χ2n) is 22.0. The van der Waals surface area contributed by atoms with Crippen molar-refractivity contribution in [2.45, 2.75) is 348 Å². The summed E-state index contributed by atoms with van der Waals surface area (Å²) in [6.45, 7) is 6.53. The van der Waals surface area contributed by atoms with Crippen molar-refractivity contribution in [3.63, 3.8) is 0 Å². The number of ether oxygens (including phenoxy) is 3. The molecule has 0 aliphatic carbocycles. The van der Waals surface area contributed by atoms with E-state index in [1.54, 1.807) is 0 Å². The summed E-state index contributed by atoms with van der Waals surface area (Å²) in [6, 6.07) is 0. The molecule has 75 heavy (non-hydrogen) atoms. The predicted octanol–water partition coefficient (Wildman–Crippen LogP) is 22.3. The van der Waals surface area contributed by atoms with Crippen LogP contribution in [0.2, 0.25) is 0 Å². The summed E-state index contributed by atoms with van der Waals surface area (Å²) < 4.78 is 16.9. The Morgan fingerprint density at radius 1 is 0.280 bits per heavy atom. The number of carbonyl (C=O) groups excluding carboxylic acids is 3. The molecular formula is C69H124O6. The molecule has 0 bridgehead atoms. The van der Waals surface area contributed by atoms with E-state index in [9.17, 15) is 14.4 Å². The van der Waals surface area contributed by atoms with Gasteiger partial charge in [-0.1, -0.05) is 300 Å². The first-order valence-corrected chi connectivity index (χ1v) is 32.8. The molecule has 1 unspecified atom stereocenters. The van der Waals surface area contributed by atoms with E-state index in [4.69, 9.17) is 14.2 Å². The van der Waals surface area contributed by atoms with Gasteiger partial charge in [-0.15, -0.1) is 0 Å². The Kier molecular flexibility index (Phi) is 61.2. The molecule has 0 saturated heterocycles. The lowest BCUT2D eigenvalue weighted by molar-refractivity contribution is -0.167. The van der Waals surface area contributed by atoms with Crippen molar-refractivity contribution < 1.29 is 28.6 Å². The van der Waals surface area contributed by atoms with Crippen LogP contribution in [0.4, 0.5) is 0 Å². The molecular weight excluding hydrogens is 925 g/mol. The molecule has 6 nitrogen and oxygen atoms in total. The third-order valence-electron chi connectivity index (χ3n) is 14.5. The number of unbranched alkanes of at least 4 members (excludes halogenated alkanes) is 39. The van der Waals surface area contributed by atoms with Crippen LogP contribution in [0, 0.1) is 0 Å². The fourth-order valence-electron chi connectivity index (χ4n) is 9.61. The van der Waals surface area contributed by atoms with Gasteiger partial charge in [0.15, 0.2) is 6.10 Å². The van der Waals surface area contributed by atoms with E-state index in [0.29, 0.717) is 19.3 Å². The fourth-order valence-corrected chi connectivity index (χ4v) is 9.61. The lowest BCUT2D eigenvalue weighted by atomic mass is 10.0. The molecule has 0 amide bonds. The van der Waals surface area contributed by atoms with Gasteiger partial charge in [0, 0.05) is 19.3 Å². The van der Waals surface area contributed by atoms with Crippen LogP contribution in [-0.4, -0.2) is 37.2 Å². The minimum Gasteiger partial charge on any atom is -0.462 e. The molecule has 0 radical (unpaired) electrons. The molecule has 6 heteroatoms. The molecule has 0 fully saturated rings. The van der Waals surface area contributed by atoms with Crippen LogP contribution in [0.1, 0.15) is 342 Å². The van der Waals surface area contributed by atoms with Gasteiger partial charge in [-0.3, -0.25) is 14.4 Å². The van der Waals surface area contributed by atoms with E-state index in [0.717, 1.165) is 83.5 Å². The summed E-state index contributed by atoms with van der Waals surface area (Å²) in [5.74, 6) is -0.863. The number of carbonyl (C=O) groups is 3. The molecule has 1 atom stereocenters. The molecule has 0 aromatic carbocycles. The van der Waals surface area contributed by atoms with Crippen LogP contribution in [-0.2, 0) is 28.6 Å². The standard InChI is InChI=1S/C69H124O6/c1-4-7-10-13-16-18-20-22-24-26-28-30-32-34-36-38-40-42-44-46-48-50-53-56-59-62-68(71)74-65-66(64-73-67(70)61-58-55-52-15-12-9-6-3)75-69(72)63-60-57-54-51-49-47-45-43-41-39-37-35-33-31-29-27-25-23-21-19-17-14-11-8-5-2/h7,10,16,18,22,24,27-30,66H,4-6,8-9,11-15,17,19-21,23,25-26,31-65H2,1-3H3/b10-7-,18-16-,24-22-,29-27-,30-28-. The third kappa shape index (κ3) is 61.8. The van der Waals surface area contributed by atoms with Gasteiger partial charge in [0.25, 0.3) is 0 Å². The number of rotatable bonds is 60. The number of hydrogen-bond donors (Lipinski definition) is 0. The summed E-state index contributed by atoms with van der Waals surface area (Å²) in [6.07, 6.45) is 81.2. The first-order chi connectivity index (χ1) is 37.0. The molecule has 0 spiro atoms. The van der Waals surface area contributed by atoms with Crippen molar-refractivity contribution in [3.8, 4) is 0 Å². The molecule has 0 rings (SSSR count). The molecule has 436 valence electrons. The minimum atomic E-state index is -0.771. The monoisotopic (exact) mass is 1050 g/mol. The minimum absolute atomic E-state index is 0.0713. The molecule has 0 aliphatic heterocycles. The zero-order chi connectivity index (χ0) is 54.3. The van der Waals surface area contributed by atoms with E-state index in [1.807, 2.05) is 0 Å². The first-order valence-electron chi connectivity index (χ1n) is 32.8. The van der Waals surface area contributed by atoms with Gasteiger partial charge in [0.1, 0.15) is 13.2 Å². The Labute approximate surface area is 466 Å². The van der Waals surface area contributed by atoms with Crippen molar-refractivity contribution in [1.82, 2.24) is 0 Å². The van der Waals surface area contributed by atoms with Crippen LogP contribution in [0.5, 0.6) is 0 Å². The van der Waals surface area contributed by atoms with Crippen molar-refractivity contribution in [2.75, 3.05) is 13.2 Å². The topological polar surface area (TPSA) is 78.9 Å². The second-order valence-corrected chi connectivity index (χ2v) is 22.0. The van der Waals surface area contributed by atoms with Gasteiger partial charge in [0.2, 0.25) is 0 Å². The fraction of sp³-hybridized carbons (Fsp3) is 0.812. The maximum Gasteiger partial charge on any atom is 0.306 e. The van der Waals surface area contributed by atoms with Crippen molar-refractivity contribution >= 4 is 17.9 Å². The zero-order valence-corrected chi connectivity index (χ0v) is 50.1. The highest BCUT2D eigenvalue weighted by molar-refractivity contribution is 5.71. The molecule has 0 saturated carbocycles. The van der Waals surface area contributed by atoms with Gasteiger partial charge in [-0.05, 0) is 83.5 Å². The van der Waals surface area contributed by atoms with Crippen molar-refractivity contribution in [3.05, 3.63) is 60.8 Å². The molecule has 0 N–H and O–H groups in total. The van der Waals surface area contributed by atoms with E-state index in [1.165, 1.54) is 218 Å². The van der Waals surface area contributed by atoms with Gasteiger partial charge in [0.05, 0.1) is 0 Å². The van der Waals surface area contributed by atoms with E-state index in [-0.39, 0.29) is 31.1 Å². The van der Waals surface area contributed by atoms with Gasteiger partial charge < -0.3 is 14.2 Å². The Bertz CT molecular complexity index is 1340. The lowest BCUT2D eigenvalue weighted by Crippen LogP contribution is -2.30. The Balaban J connectivity index is 4.09. The van der Waals surface area contributed by atoms with Crippen molar-refractivity contribution in [2.24, 2.45) is 0 Å². The second kappa shape index (κ2) is 63.6. The van der Waals surface area contributed by atoms with Crippen molar-refractivity contribution in [1.29, 1.82) is 0 Å². The first kappa shape index (κ1) is 72.1. The molecule has 0 aromatic rings. The van der Waals surface area contributed by atoms with Gasteiger partial charge >= 0.3 is 17.9 Å². The average molecular weight is 1050 g/mol.